The second-order valence-corrected chi connectivity index (χ2v) is 4.51. The molecule has 1 aromatic carbocycles. The Bertz CT molecular complexity index is 520. The fraction of sp³-hybridized carbons (Fsp3) is 0.250. The maximum atomic E-state index is 13.8. The van der Waals surface area contributed by atoms with Crippen LogP contribution in [0.4, 0.5) is 4.39 Å². The maximum absolute atomic E-state index is 13.8. The monoisotopic (exact) mass is 236 g/mol. The second kappa shape index (κ2) is 4.29. The number of halogens is 1. The van der Waals surface area contributed by atoms with Gasteiger partial charge in [-0.2, -0.15) is 5.10 Å². The van der Waals surface area contributed by atoms with Crippen LogP contribution in [0.1, 0.15) is 11.1 Å². The fourth-order valence-electron chi connectivity index (χ4n) is 1.67. The lowest BCUT2D eigenvalue weighted by Crippen LogP contribution is -1.88. The first kappa shape index (κ1) is 11.2. The summed E-state index contributed by atoms with van der Waals surface area (Å²) in [6.45, 7) is 3.82. The minimum absolute atomic E-state index is 0.209. The number of thioether (sulfide) groups is 1. The lowest BCUT2D eigenvalue weighted by Gasteiger charge is -2.03. The average Bonchev–Trinajstić information content (AvgIpc) is 2.60. The Kier molecular flexibility index (Phi) is 3.01. The molecule has 2 rings (SSSR count). The summed E-state index contributed by atoms with van der Waals surface area (Å²) in [6.07, 6.45) is 1.96. The van der Waals surface area contributed by atoms with Crippen molar-refractivity contribution < 1.29 is 4.39 Å². The summed E-state index contributed by atoms with van der Waals surface area (Å²) in [5.74, 6) is -0.209. The van der Waals surface area contributed by atoms with Crippen LogP contribution in [0.3, 0.4) is 0 Å². The van der Waals surface area contributed by atoms with Gasteiger partial charge in [0.1, 0.15) is 10.8 Å². The van der Waals surface area contributed by atoms with Gasteiger partial charge in [-0.1, -0.05) is 6.07 Å². The summed E-state index contributed by atoms with van der Waals surface area (Å²) in [7, 11) is 0. The summed E-state index contributed by atoms with van der Waals surface area (Å²) >= 11 is 1.56. The van der Waals surface area contributed by atoms with E-state index < -0.39 is 0 Å². The first-order chi connectivity index (χ1) is 7.63. The molecule has 0 saturated carbocycles. The quantitative estimate of drug-likeness (QED) is 0.808. The van der Waals surface area contributed by atoms with Crippen molar-refractivity contribution in [1.82, 2.24) is 10.2 Å². The van der Waals surface area contributed by atoms with Gasteiger partial charge in [-0.3, -0.25) is 5.10 Å². The normalized spacial score (nSPS) is 10.8. The molecule has 0 aliphatic heterocycles. The van der Waals surface area contributed by atoms with E-state index in [0.29, 0.717) is 5.56 Å². The first-order valence-corrected chi connectivity index (χ1v) is 6.21. The summed E-state index contributed by atoms with van der Waals surface area (Å²) in [5, 5.41) is 7.95. The molecule has 0 amide bonds. The first-order valence-electron chi connectivity index (χ1n) is 4.99. The predicted octanol–water partition coefficient (Wildman–Crippen LogP) is 3.55. The SMILES string of the molecule is CSc1n[nH]c(-c2ccc(C)cc2F)c1C. The molecule has 16 heavy (non-hydrogen) atoms. The molecule has 4 heteroatoms. The van der Waals surface area contributed by atoms with Crippen LogP contribution in [0.5, 0.6) is 0 Å². The maximum Gasteiger partial charge on any atom is 0.132 e. The van der Waals surface area contributed by atoms with Crippen molar-refractivity contribution in [3.63, 3.8) is 0 Å². The molecule has 0 spiro atoms. The molecule has 0 bridgehead atoms. The number of benzene rings is 1. The van der Waals surface area contributed by atoms with Gasteiger partial charge in [0.15, 0.2) is 0 Å². The van der Waals surface area contributed by atoms with E-state index in [2.05, 4.69) is 10.2 Å². The molecule has 0 fully saturated rings. The Morgan fingerprint density at radius 3 is 2.62 bits per heavy atom. The predicted molar refractivity (Wildman–Crippen MR) is 65.2 cm³/mol. The van der Waals surface area contributed by atoms with Crippen LogP contribution >= 0.6 is 11.8 Å². The summed E-state index contributed by atoms with van der Waals surface area (Å²) in [6, 6.07) is 5.22. The van der Waals surface area contributed by atoms with E-state index in [1.54, 1.807) is 17.8 Å². The van der Waals surface area contributed by atoms with Crippen LogP contribution in [0.25, 0.3) is 11.3 Å². The number of aryl methyl sites for hydroxylation is 1. The number of rotatable bonds is 2. The molecule has 0 aliphatic rings. The third-order valence-electron chi connectivity index (χ3n) is 2.55. The minimum atomic E-state index is -0.209. The standard InChI is InChI=1S/C12H13FN2S/c1-7-4-5-9(10(13)6-7)11-8(2)12(16-3)15-14-11/h4-6H,1-3H3,(H,14,15). The number of hydrogen-bond acceptors (Lipinski definition) is 2. The van der Waals surface area contributed by atoms with Gasteiger partial charge in [0.25, 0.3) is 0 Å². The number of H-pyrrole nitrogens is 1. The van der Waals surface area contributed by atoms with Crippen molar-refractivity contribution in [2.75, 3.05) is 6.26 Å². The molecule has 0 atom stereocenters. The molecule has 2 nitrogen and oxygen atoms in total. The Balaban J connectivity index is 2.54. The van der Waals surface area contributed by atoms with Gasteiger partial charge in [0, 0.05) is 11.1 Å². The Morgan fingerprint density at radius 2 is 2.06 bits per heavy atom. The average molecular weight is 236 g/mol. The van der Waals surface area contributed by atoms with Gasteiger partial charge in [0.05, 0.1) is 5.69 Å². The van der Waals surface area contributed by atoms with Crippen molar-refractivity contribution in [1.29, 1.82) is 0 Å². The van der Waals surface area contributed by atoms with Gasteiger partial charge in [-0.25, -0.2) is 4.39 Å². The van der Waals surface area contributed by atoms with Crippen LogP contribution in [-0.2, 0) is 0 Å². The largest absolute Gasteiger partial charge is 0.276 e. The van der Waals surface area contributed by atoms with Crippen molar-refractivity contribution in [2.45, 2.75) is 18.9 Å². The van der Waals surface area contributed by atoms with Crippen LogP contribution in [0, 0.1) is 19.7 Å². The number of nitrogens with one attached hydrogen (secondary N) is 1. The van der Waals surface area contributed by atoms with Crippen LogP contribution in [0.2, 0.25) is 0 Å². The highest BCUT2D eigenvalue weighted by atomic mass is 32.2. The zero-order chi connectivity index (χ0) is 11.7. The third kappa shape index (κ3) is 1.85. The zero-order valence-electron chi connectivity index (χ0n) is 9.47. The lowest BCUT2D eigenvalue weighted by molar-refractivity contribution is 0.629. The molecule has 1 heterocycles. The minimum Gasteiger partial charge on any atom is -0.276 e. The van der Waals surface area contributed by atoms with Crippen molar-refractivity contribution in [3.05, 3.63) is 35.1 Å². The highest BCUT2D eigenvalue weighted by Crippen LogP contribution is 2.29. The number of hydrogen-bond donors (Lipinski definition) is 1. The summed E-state index contributed by atoms with van der Waals surface area (Å²) in [5.41, 5.74) is 3.26. The summed E-state index contributed by atoms with van der Waals surface area (Å²) < 4.78 is 13.8. The van der Waals surface area contributed by atoms with Gasteiger partial charge in [-0.15, -0.1) is 11.8 Å². The Morgan fingerprint density at radius 1 is 1.31 bits per heavy atom. The second-order valence-electron chi connectivity index (χ2n) is 3.72. The van der Waals surface area contributed by atoms with E-state index in [-0.39, 0.29) is 5.82 Å². The van der Waals surface area contributed by atoms with Crippen LogP contribution in [-0.4, -0.2) is 16.5 Å². The van der Waals surface area contributed by atoms with Crippen molar-refractivity contribution in [2.24, 2.45) is 0 Å². The molecule has 1 N–H and O–H groups in total. The van der Waals surface area contributed by atoms with E-state index in [1.165, 1.54) is 6.07 Å². The smallest absolute Gasteiger partial charge is 0.132 e. The molecule has 0 aliphatic carbocycles. The molecular formula is C12H13FN2S. The Hall–Kier alpha value is -1.29. The lowest BCUT2D eigenvalue weighted by atomic mass is 10.1. The zero-order valence-corrected chi connectivity index (χ0v) is 10.3. The molecule has 1 aromatic heterocycles. The topological polar surface area (TPSA) is 28.7 Å². The van der Waals surface area contributed by atoms with E-state index in [0.717, 1.165) is 21.8 Å². The van der Waals surface area contributed by atoms with Crippen molar-refractivity contribution in [3.8, 4) is 11.3 Å². The van der Waals surface area contributed by atoms with Gasteiger partial charge in [0.2, 0.25) is 0 Å². The third-order valence-corrected chi connectivity index (χ3v) is 3.34. The number of aromatic amines is 1. The number of nitrogens with zero attached hydrogens (tertiary/aromatic N) is 1. The van der Waals surface area contributed by atoms with Gasteiger partial charge in [-0.05, 0) is 37.8 Å². The fourth-order valence-corrected chi connectivity index (χ4v) is 2.21. The highest BCUT2D eigenvalue weighted by Gasteiger charge is 2.13. The van der Waals surface area contributed by atoms with Crippen LogP contribution in [0.15, 0.2) is 23.2 Å². The Labute approximate surface area is 98.3 Å². The molecule has 84 valence electrons. The summed E-state index contributed by atoms with van der Waals surface area (Å²) in [4.78, 5) is 0. The van der Waals surface area contributed by atoms with Gasteiger partial charge >= 0.3 is 0 Å². The number of aromatic nitrogens is 2. The molecule has 0 unspecified atom stereocenters. The van der Waals surface area contributed by atoms with E-state index in [1.807, 2.05) is 26.2 Å². The van der Waals surface area contributed by atoms with Crippen molar-refractivity contribution >= 4 is 11.8 Å². The molecule has 0 saturated heterocycles. The molecular weight excluding hydrogens is 223 g/mol. The molecule has 0 radical (unpaired) electrons. The van der Waals surface area contributed by atoms with Gasteiger partial charge < -0.3 is 0 Å². The van der Waals surface area contributed by atoms with E-state index in [9.17, 15) is 4.39 Å². The van der Waals surface area contributed by atoms with E-state index in [4.69, 9.17) is 0 Å². The highest BCUT2D eigenvalue weighted by molar-refractivity contribution is 7.98. The van der Waals surface area contributed by atoms with Crippen LogP contribution < -0.4 is 0 Å². The molecule has 2 aromatic rings. The van der Waals surface area contributed by atoms with E-state index >= 15 is 0 Å².